The summed E-state index contributed by atoms with van der Waals surface area (Å²) in [7, 11) is 0. The quantitative estimate of drug-likeness (QED) is 0.863. The summed E-state index contributed by atoms with van der Waals surface area (Å²) in [5.74, 6) is 0.624. The minimum absolute atomic E-state index is 0.000613. The fourth-order valence-corrected chi connectivity index (χ4v) is 3.02. The third kappa shape index (κ3) is 3.95. The zero-order chi connectivity index (χ0) is 16.9. The van der Waals surface area contributed by atoms with Gasteiger partial charge in [-0.15, -0.1) is 0 Å². The number of morpholine rings is 1. The molecule has 2 aromatic rings. The van der Waals surface area contributed by atoms with Gasteiger partial charge < -0.3 is 14.4 Å². The van der Waals surface area contributed by atoms with Crippen molar-refractivity contribution in [3.8, 4) is 5.75 Å². The molecule has 0 saturated carbocycles. The Labute approximate surface area is 143 Å². The first-order chi connectivity index (χ1) is 11.6. The van der Waals surface area contributed by atoms with Gasteiger partial charge in [-0.1, -0.05) is 42.5 Å². The van der Waals surface area contributed by atoms with Crippen molar-refractivity contribution in [2.45, 2.75) is 32.7 Å². The molecule has 1 aliphatic rings. The number of rotatable bonds is 4. The second-order valence-electron chi connectivity index (χ2n) is 6.24. The summed E-state index contributed by atoms with van der Waals surface area (Å²) in [6.07, 6.45) is 0.102. The van der Waals surface area contributed by atoms with Crippen LogP contribution < -0.4 is 4.74 Å². The summed E-state index contributed by atoms with van der Waals surface area (Å²) in [4.78, 5) is 14.8. The Morgan fingerprint density at radius 2 is 1.67 bits per heavy atom. The van der Waals surface area contributed by atoms with Crippen LogP contribution in [0.1, 0.15) is 29.8 Å². The minimum Gasteiger partial charge on any atom is -0.488 e. The van der Waals surface area contributed by atoms with Crippen LogP contribution >= 0.6 is 0 Å². The molecule has 2 aromatic carbocycles. The summed E-state index contributed by atoms with van der Waals surface area (Å²) < 4.78 is 11.6. The van der Waals surface area contributed by atoms with Gasteiger partial charge in [0.25, 0.3) is 5.91 Å². The zero-order valence-electron chi connectivity index (χ0n) is 14.1. The number of para-hydroxylation sites is 1. The van der Waals surface area contributed by atoms with E-state index in [0.717, 1.165) is 5.56 Å². The second-order valence-corrected chi connectivity index (χ2v) is 6.24. The summed E-state index contributed by atoms with van der Waals surface area (Å²) in [5, 5.41) is 0. The van der Waals surface area contributed by atoms with Crippen molar-refractivity contribution in [2.75, 3.05) is 13.1 Å². The first-order valence-electron chi connectivity index (χ1n) is 8.34. The molecule has 0 aromatic heterocycles. The Morgan fingerprint density at radius 3 is 2.38 bits per heavy atom. The van der Waals surface area contributed by atoms with E-state index in [4.69, 9.17) is 9.47 Å². The molecule has 0 N–H and O–H groups in total. The number of carbonyl (C=O) groups excluding carboxylic acids is 1. The lowest BCUT2D eigenvalue weighted by Gasteiger charge is -2.35. The third-order valence-corrected chi connectivity index (χ3v) is 4.06. The van der Waals surface area contributed by atoms with Crippen molar-refractivity contribution in [1.29, 1.82) is 0 Å². The first kappa shape index (κ1) is 16.5. The molecule has 3 rings (SSSR count). The number of amides is 1. The van der Waals surface area contributed by atoms with Crippen LogP contribution in [-0.4, -0.2) is 36.1 Å². The number of hydrogen-bond acceptors (Lipinski definition) is 3. The highest BCUT2D eigenvalue weighted by Gasteiger charge is 2.28. The van der Waals surface area contributed by atoms with Crippen LogP contribution in [0.25, 0.3) is 0 Å². The van der Waals surface area contributed by atoms with E-state index in [1.807, 2.05) is 73.3 Å². The Hall–Kier alpha value is -2.33. The molecule has 0 spiro atoms. The zero-order valence-corrected chi connectivity index (χ0v) is 14.1. The monoisotopic (exact) mass is 325 g/mol. The van der Waals surface area contributed by atoms with Crippen molar-refractivity contribution >= 4 is 5.91 Å². The molecule has 4 nitrogen and oxygen atoms in total. The highest BCUT2D eigenvalue weighted by atomic mass is 16.5. The van der Waals surface area contributed by atoms with Crippen LogP contribution in [0.5, 0.6) is 5.75 Å². The predicted molar refractivity (Wildman–Crippen MR) is 93.1 cm³/mol. The summed E-state index contributed by atoms with van der Waals surface area (Å²) in [6, 6.07) is 17.4. The van der Waals surface area contributed by atoms with E-state index in [-0.39, 0.29) is 18.1 Å². The maximum Gasteiger partial charge on any atom is 0.257 e. The lowest BCUT2D eigenvalue weighted by molar-refractivity contribution is -0.0586. The van der Waals surface area contributed by atoms with E-state index in [1.165, 1.54) is 0 Å². The van der Waals surface area contributed by atoms with Gasteiger partial charge in [0.1, 0.15) is 12.4 Å². The molecule has 0 aliphatic carbocycles. The van der Waals surface area contributed by atoms with Gasteiger partial charge in [-0.2, -0.15) is 0 Å². The van der Waals surface area contributed by atoms with E-state index in [0.29, 0.717) is 31.0 Å². The number of hydrogen-bond donors (Lipinski definition) is 0. The summed E-state index contributed by atoms with van der Waals surface area (Å²) in [5.41, 5.74) is 1.68. The van der Waals surface area contributed by atoms with Gasteiger partial charge in [0.15, 0.2) is 0 Å². The maximum absolute atomic E-state index is 12.9. The highest BCUT2D eigenvalue weighted by Crippen LogP contribution is 2.23. The molecule has 126 valence electrons. The number of carbonyl (C=O) groups is 1. The fourth-order valence-electron chi connectivity index (χ4n) is 3.02. The molecule has 1 heterocycles. The molecular formula is C20H23NO3. The molecule has 1 aliphatic heterocycles. The van der Waals surface area contributed by atoms with Gasteiger partial charge in [-0.3, -0.25) is 4.79 Å². The van der Waals surface area contributed by atoms with Crippen molar-refractivity contribution in [3.63, 3.8) is 0 Å². The van der Waals surface area contributed by atoms with Gasteiger partial charge >= 0.3 is 0 Å². The van der Waals surface area contributed by atoms with Gasteiger partial charge in [-0.25, -0.2) is 0 Å². The Balaban J connectivity index is 1.74. The Kier molecular flexibility index (Phi) is 5.16. The van der Waals surface area contributed by atoms with Gasteiger partial charge in [0.2, 0.25) is 0 Å². The van der Waals surface area contributed by atoms with Crippen LogP contribution in [0.2, 0.25) is 0 Å². The van der Waals surface area contributed by atoms with Crippen molar-refractivity contribution < 1.29 is 14.3 Å². The summed E-state index contributed by atoms with van der Waals surface area (Å²) in [6.45, 7) is 5.65. The average molecular weight is 325 g/mol. The van der Waals surface area contributed by atoms with Crippen LogP contribution in [0.3, 0.4) is 0 Å². The SMILES string of the molecule is C[C@@H]1CN(C(=O)c2ccccc2OCc2ccccc2)C[C@H](C)O1. The van der Waals surface area contributed by atoms with Crippen LogP contribution in [0.15, 0.2) is 54.6 Å². The Bertz CT molecular complexity index is 676. The maximum atomic E-state index is 12.9. The molecular weight excluding hydrogens is 302 g/mol. The van der Waals surface area contributed by atoms with Crippen molar-refractivity contribution in [3.05, 3.63) is 65.7 Å². The number of nitrogens with zero attached hydrogens (tertiary/aromatic N) is 1. The van der Waals surface area contributed by atoms with E-state index < -0.39 is 0 Å². The standard InChI is InChI=1S/C20H23NO3/c1-15-12-21(13-16(2)24-15)20(22)18-10-6-7-11-19(18)23-14-17-8-4-3-5-9-17/h3-11,15-16H,12-14H2,1-2H3/t15-,16+. The molecule has 0 bridgehead atoms. The number of benzene rings is 2. The van der Waals surface area contributed by atoms with Gasteiger partial charge in [0.05, 0.1) is 17.8 Å². The van der Waals surface area contributed by atoms with E-state index >= 15 is 0 Å². The lowest BCUT2D eigenvalue weighted by atomic mass is 10.1. The molecule has 1 amide bonds. The van der Waals surface area contributed by atoms with Crippen molar-refractivity contribution in [1.82, 2.24) is 4.90 Å². The van der Waals surface area contributed by atoms with Crippen LogP contribution in [0.4, 0.5) is 0 Å². The van der Waals surface area contributed by atoms with E-state index in [1.54, 1.807) is 0 Å². The molecule has 1 fully saturated rings. The average Bonchev–Trinajstić information content (AvgIpc) is 2.59. The molecule has 24 heavy (non-hydrogen) atoms. The van der Waals surface area contributed by atoms with Crippen LogP contribution in [0, 0.1) is 0 Å². The molecule has 0 unspecified atom stereocenters. The second kappa shape index (κ2) is 7.49. The normalized spacial score (nSPS) is 20.7. The Morgan fingerprint density at radius 1 is 1.04 bits per heavy atom. The highest BCUT2D eigenvalue weighted by molar-refractivity contribution is 5.97. The predicted octanol–water partition coefficient (Wildman–Crippen LogP) is 3.52. The topological polar surface area (TPSA) is 38.8 Å². The molecule has 0 radical (unpaired) electrons. The van der Waals surface area contributed by atoms with Gasteiger partial charge in [-0.05, 0) is 31.5 Å². The van der Waals surface area contributed by atoms with E-state index in [2.05, 4.69) is 0 Å². The fraction of sp³-hybridized carbons (Fsp3) is 0.350. The molecule has 1 saturated heterocycles. The van der Waals surface area contributed by atoms with Crippen molar-refractivity contribution in [2.24, 2.45) is 0 Å². The van der Waals surface area contributed by atoms with Gasteiger partial charge in [0, 0.05) is 13.1 Å². The smallest absolute Gasteiger partial charge is 0.257 e. The summed E-state index contributed by atoms with van der Waals surface area (Å²) >= 11 is 0. The van der Waals surface area contributed by atoms with Crippen LogP contribution in [-0.2, 0) is 11.3 Å². The van der Waals surface area contributed by atoms with E-state index in [9.17, 15) is 4.79 Å². The molecule has 2 atom stereocenters. The largest absolute Gasteiger partial charge is 0.488 e. The molecule has 4 heteroatoms. The lowest BCUT2D eigenvalue weighted by Crippen LogP contribution is -2.48. The minimum atomic E-state index is 0.000613. The number of ether oxygens (including phenoxy) is 2. The first-order valence-corrected chi connectivity index (χ1v) is 8.34. The third-order valence-electron chi connectivity index (χ3n) is 4.06.